The van der Waals surface area contributed by atoms with Crippen molar-refractivity contribution < 1.29 is 24.1 Å². The molecule has 180 valence electrons. The zero-order chi connectivity index (χ0) is 24.1. The van der Waals surface area contributed by atoms with Gasteiger partial charge in [-0.3, -0.25) is 4.79 Å². The molecule has 1 aliphatic carbocycles. The van der Waals surface area contributed by atoms with Gasteiger partial charge in [-0.1, -0.05) is 18.9 Å². The van der Waals surface area contributed by atoms with Crippen molar-refractivity contribution in [3.05, 3.63) is 63.6 Å². The quantitative estimate of drug-likeness (QED) is 0.459. The molecule has 1 aliphatic rings. The smallest absolute Gasteiger partial charge is 0.270 e. The number of benzene rings is 2. The van der Waals surface area contributed by atoms with Gasteiger partial charge < -0.3 is 24.6 Å². The summed E-state index contributed by atoms with van der Waals surface area (Å²) in [5, 5.41) is 15.6. The van der Waals surface area contributed by atoms with Gasteiger partial charge in [-0.15, -0.1) is 11.3 Å². The fourth-order valence-electron chi connectivity index (χ4n) is 4.66. The van der Waals surface area contributed by atoms with Gasteiger partial charge in [0.15, 0.2) is 11.5 Å². The highest BCUT2D eigenvalue weighted by Gasteiger charge is 2.36. The second-order valence-electron chi connectivity index (χ2n) is 8.58. The van der Waals surface area contributed by atoms with Crippen LogP contribution in [0, 0.1) is 0 Å². The van der Waals surface area contributed by atoms with E-state index >= 15 is 0 Å². The van der Waals surface area contributed by atoms with Crippen LogP contribution in [0.3, 0.4) is 0 Å². The minimum Gasteiger partial charge on any atom is -0.508 e. The van der Waals surface area contributed by atoms with E-state index in [9.17, 15) is 9.90 Å². The Kier molecular flexibility index (Phi) is 7.26. The highest BCUT2D eigenvalue weighted by molar-refractivity contribution is 7.09. The molecule has 1 saturated carbocycles. The number of thiazole rings is 1. The zero-order valence-electron chi connectivity index (χ0n) is 19.7. The maximum atomic E-state index is 12.9. The monoisotopic (exact) mass is 482 g/mol. The Labute approximate surface area is 203 Å². The van der Waals surface area contributed by atoms with Crippen LogP contribution in [0.2, 0.25) is 0 Å². The van der Waals surface area contributed by atoms with E-state index in [0.29, 0.717) is 35.9 Å². The van der Waals surface area contributed by atoms with Crippen molar-refractivity contribution in [3.8, 4) is 23.0 Å². The SMILES string of the molecule is COc1cc(O)cc(Cc2nc(C(=O)NCC3(c4ccc(OC)c(OC)c4)CCCC3)cs2)c1. The number of nitrogens with one attached hydrogen (secondary N) is 1. The second kappa shape index (κ2) is 10.3. The van der Waals surface area contributed by atoms with Crippen molar-refractivity contribution in [1.82, 2.24) is 10.3 Å². The lowest BCUT2D eigenvalue weighted by molar-refractivity contribution is 0.0938. The molecule has 0 bridgehead atoms. The largest absolute Gasteiger partial charge is 0.508 e. The van der Waals surface area contributed by atoms with Crippen LogP contribution in [0.25, 0.3) is 0 Å². The lowest BCUT2D eigenvalue weighted by atomic mass is 9.78. The number of hydrogen-bond donors (Lipinski definition) is 2. The first-order chi connectivity index (χ1) is 16.5. The van der Waals surface area contributed by atoms with Crippen molar-refractivity contribution in [2.24, 2.45) is 0 Å². The average Bonchev–Trinajstić information content (AvgIpc) is 3.52. The molecule has 1 aromatic heterocycles. The number of aromatic hydroxyl groups is 1. The lowest BCUT2D eigenvalue weighted by Gasteiger charge is -2.30. The van der Waals surface area contributed by atoms with Gasteiger partial charge in [0.05, 0.1) is 26.3 Å². The van der Waals surface area contributed by atoms with Gasteiger partial charge in [0.2, 0.25) is 0 Å². The molecule has 3 aromatic rings. The standard InChI is InChI=1S/C26H30N2O5S/c1-31-20-11-17(10-19(29)14-20)12-24-28-21(15-34-24)25(30)27-16-26(8-4-5-9-26)18-6-7-22(32-2)23(13-18)33-3/h6-7,10-11,13-15,29H,4-5,8-9,12,16H2,1-3H3,(H,27,30). The molecule has 1 heterocycles. The van der Waals surface area contributed by atoms with Crippen molar-refractivity contribution in [2.45, 2.75) is 37.5 Å². The summed E-state index contributed by atoms with van der Waals surface area (Å²) in [5.41, 5.74) is 2.30. The summed E-state index contributed by atoms with van der Waals surface area (Å²) < 4.78 is 16.1. The molecule has 7 nitrogen and oxygen atoms in total. The minimum absolute atomic E-state index is 0.133. The van der Waals surface area contributed by atoms with Gasteiger partial charge in [-0.25, -0.2) is 4.98 Å². The second-order valence-corrected chi connectivity index (χ2v) is 9.53. The third-order valence-corrected chi connectivity index (χ3v) is 7.32. The summed E-state index contributed by atoms with van der Waals surface area (Å²) in [4.78, 5) is 17.5. The molecular formula is C26H30N2O5S. The van der Waals surface area contributed by atoms with E-state index in [1.165, 1.54) is 11.3 Å². The number of methoxy groups -OCH3 is 3. The molecule has 0 atom stereocenters. The van der Waals surface area contributed by atoms with Crippen LogP contribution in [-0.4, -0.2) is 43.9 Å². The van der Waals surface area contributed by atoms with Crippen LogP contribution in [0.4, 0.5) is 0 Å². The van der Waals surface area contributed by atoms with Crippen LogP contribution in [0.15, 0.2) is 41.8 Å². The number of carbonyl (C=O) groups is 1. The van der Waals surface area contributed by atoms with E-state index in [1.54, 1.807) is 38.8 Å². The van der Waals surface area contributed by atoms with E-state index in [1.807, 2.05) is 18.2 Å². The zero-order valence-corrected chi connectivity index (χ0v) is 20.5. The van der Waals surface area contributed by atoms with Crippen molar-refractivity contribution in [3.63, 3.8) is 0 Å². The number of carbonyl (C=O) groups excluding carboxylic acids is 1. The predicted octanol–water partition coefficient (Wildman–Crippen LogP) is 4.71. The van der Waals surface area contributed by atoms with Crippen molar-refractivity contribution >= 4 is 17.2 Å². The van der Waals surface area contributed by atoms with E-state index in [2.05, 4.69) is 16.4 Å². The molecule has 0 unspecified atom stereocenters. The molecule has 0 radical (unpaired) electrons. The molecule has 8 heteroatoms. The Morgan fingerprint density at radius 1 is 1.06 bits per heavy atom. The number of phenols is 1. The minimum atomic E-state index is -0.178. The fraction of sp³-hybridized carbons (Fsp3) is 0.385. The van der Waals surface area contributed by atoms with Gasteiger partial charge in [0, 0.05) is 29.8 Å². The third kappa shape index (κ3) is 5.12. The number of rotatable bonds is 9. The molecule has 0 aliphatic heterocycles. The molecule has 4 rings (SSSR count). The molecule has 1 amide bonds. The van der Waals surface area contributed by atoms with E-state index in [0.717, 1.165) is 41.8 Å². The van der Waals surface area contributed by atoms with Crippen LogP contribution >= 0.6 is 11.3 Å². The van der Waals surface area contributed by atoms with Crippen LogP contribution < -0.4 is 19.5 Å². The number of hydrogen-bond acceptors (Lipinski definition) is 7. The Morgan fingerprint density at radius 3 is 2.53 bits per heavy atom. The first-order valence-corrected chi connectivity index (χ1v) is 12.2. The predicted molar refractivity (Wildman–Crippen MR) is 132 cm³/mol. The van der Waals surface area contributed by atoms with Gasteiger partial charge >= 0.3 is 0 Å². The van der Waals surface area contributed by atoms with Crippen molar-refractivity contribution in [1.29, 1.82) is 0 Å². The van der Waals surface area contributed by atoms with E-state index in [-0.39, 0.29) is 17.1 Å². The number of phenolic OH excluding ortho intramolecular Hbond substituents is 1. The summed E-state index contributed by atoms with van der Waals surface area (Å²) in [5.74, 6) is 1.94. The Bertz CT molecular complexity index is 1150. The summed E-state index contributed by atoms with van der Waals surface area (Å²) in [6.07, 6.45) is 4.77. The first kappa shape index (κ1) is 23.9. The highest BCUT2D eigenvalue weighted by atomic mass is 32.1. The summed E-state index contributed by atoms with van der Waals surface area (Å²) in [6, 6.07) is 11.1. The summed E-state index contributed by atoms with van der Waals surface area (Å²) >= 11 is 1.43. The Balaban J connectivity index is 1.45. The van der Waals surface area contributed by atoms with E-state index in [4.69, 9.17) is 14.2 Å². The molecule has 2 N–H and O–H groups in total. The molecule has 0 spiro atoms. The van der Waals surface area contributed by atoms with E-state index < -0.39 is 0 Å². The maximum absolute atomic E-state index is 12.9. The normalized spacial score (nSPS) is 14.6. The average molecular weight is 483 g/mol. The van der Waals surface area contributed by atoms with Gasteiger partial charge in [-0.2, -0.15) is 0 Å². The first-order valence-electron chi connectivity index (χ1n) is 11.3. The Morgan fingerprint density at radius 2 is 1.82 bits per heavy atom. The molecule has 1 fully saturated rings. The molecule has 2 aromatic carbocycles. The van der Waals surface area contributed by atoms with Crippen LogP contribution in [-0.2, 0) is 11.8 Å². The Hall–Kier alpha value is -3.26. The van der Waals surface area contributed by atoms with Gasteiger partial charge in [0.1, 0.15) is 17.2 Å². The van der Waals surface area contributed by atoms with Crippen molar-refractivity contribution in [2.75, 3.05) is 27.9 Å². The van der Waals surface area contributed by atoms with Gasteiger partial charge in [-0.05, 0) is 48.2 Å². The molecule has 0 saturated heterocycles. The lowest BCUT2D eigenvalue weighted by Crippen LogP contribution is -2.39. The fourth-order valence-corrected chi connectivity index (χ4v) is 5.47. The van der Waals surface area contributed by atoms with Crippen LogP contribution in [0.5, 0.6) is 23.0 Å². The summed E-state index contributed by atoms with van der Waals surface area (Å²) in [6.45, 7) is 0.540. The number of amides is 1. The maximum Gasteiger partial charge on any atom is 0.270 e. The third-order valence-electron chi connectivity index (χ3n) is 6.47. The van der Waals surface area contributed by atoms with Crippen LogP contribution in [0.1, 0.15) is 52.3 Å². The number of ether oxygens (including phenoxy) is 3. The highest BCUT2D eigenvalue weighted by Crippen LogP contribution is 2.43. The number of aromatic nitrogens is 1. The van der Waals surface area contributed by atoms with Gasteiger partial charge in [0.25, 0.3) is 5.91 Å². The number of nitrogens with zero attached hydrogens (tertiary/aromatic N) is 1. The topological polar surface area (TPSA) is 89.9 Å². The molecule has 34 heavy (non-hydrogen) atoms. The molecular weight excluding hydrogens is 452 g/mol. The summed E-state index contributed by atoms with van der Waals surface area (Å²) in [7, 11) is 4.82.